The first-order valence-corrected chi connectivity index (χ1v) is 26.9. The van der Waals surface area contributed by atoms with Gasteiger partial charge >= 0.3 is 0 Å². The van der Waals surface area contributed by atoms with E-state index in [4.69, 9.17) is 6.58 Å². The molecule has 0 bridgehead atoms. The number of hydrogen-bond acceptors (Lipinski definition) is 4. The minimum Gasteiger partial charge on any atom is -0.310 e. The smallest absolute Gasteiger partial charge is 0.0485 e. The Labute approximate surface area is 461 Å². The summed E-state index contributed by atoms with van der Waals surface area (Å²) in [5.74, 6) is 0. The van der Waals surface area contributed by atoms with Crippen molar-refractivity contribution in [2.45, 2.75) is 25.7 Å². The molecule has 4 nitrogen and oxygen atoms in total. The fourth-order valence-corrected chi connectivity index (χ4v) is 11.1. The first-order valence-electron chi connectivity index (χ1n) is 26.9. The van der Waals surface area contributed by atoms with Crippen LogP contribution in [0.5, 0.6) is 0 Å². The molecule has 0 spiro atoms. The Kier molecular flexibility index (Phi) is 15.0. The summed E-state index contributed by atoms with van der Waals surface area (Å²) in [5.41, 5.74) is 17.0. The Morgan fingerprint density at radius 1 is 0.321 bits per heavy atom. The molecule has 0 unspecified atom stereocenters. The molecular formula is C74H62N4. The zero-order chi connectivity index (χ0) is 53.1. The van der Waals surface area contributed by atoms with Gasteiger partial charge in [-0.05, 0) is 175 Å². The first-order chi connectivity index (χ1) is 38.5. The predicted octanol–water partition coefficient (Wildman–Crippen LogP) is 20.9. The summed E-state index contributed by atoms with van der Waals surface area (Å²) in [4.78, 5) is 9.58. The van der Waals surface area contributed by atoms with Crippen molar-refractivity contribution in [3.05, 3.63) is 344 Å². The van der Waals surface area contributed by atoms with Crippen LogP contribution < -0.4 is 19.6 Å². The van der Waals surface area contributed by atoms with E-state index < -0.39 is 5.41 Å². The van der Waals surface area contributed by atoms with Gasteiger partial charge in [-0.15, -0.1) is 0 Å². The Bertz CT molecular complexity index is 3160. The van der Waals surface area contributed by atoms with E-state index in [9.17, 15) is 0 Å². The van der Waals surface area contributed by atoms with Crippen molar-refractivity contribution in [3.63, 3.8) is 0 Å². The Hall–Kier alpha value is -9.90. The van der Waals surface area contributed by atoms with Gasteiger partial charge in [0.1, 0.15) is 0 Å². The highest BCUT2D eigenvalue weighted by Gasteiger charge is 2.40. The Balaban J connectivity index is 1.31. The highest BCUT2D eigenvalue weighted by molar-refractivity contribution is 5.88. The highest BCUT2D eigenvalue weighted by Crippen LogP contribution is 2.53. The maximum atomic E-state index is 4.79. The van der Waals surface area contributed by atoms with Crippen LogP contribution in [-0.2, 0) is 5.41 Å². The Morgan fingerprint density at radius 2 is 0.551 bits per heavy atom. The molecule has 0 aromatic heterocycles. The number of allylic oxidation sites excluding steroid dienone is 3. The van der Waals surface area contributed by atoms with Crippen molar-refractivity contribution < 1.29 is 0 Å². The minimum absolute atomic E-state index is 0.680. The van der Waals surface area contributed by atoms with Crippen molar-refractivity contribution in [1.29, 1.82) is 0 Å². The standard InChI is InChI=1S/C74H62N4/c1-4-32-57(3)72-49-30-31-50-73(72)74(5-2,58-51-68(75(60-33-14-6-15-34-60)61-35-16-7-17-36-61)55-69(52-58)76(62-37-18-8-19-38-62)63-39-20-9-21-40-63)59-53-70(77(64-41-22-10-23-42-64)65-43-24-11-25-44-65)56-71(54-59)78(66-45-26-12-27-46-66)67-47-28-13-29-48-67/h4,6-56H,3,5H2,1-2H3/b32-4-. The largest absolute Gasteiger partial charge is 0.310 e. The van der Waals surface area contributed by atoms with E-state index in [1.807, 2.05) is 0 Å². The number of nitrogens with zero attached hydrogens (tertiary/aromatic N) is 4. The molecule has 78 heavy (non-hydrogen) atoms. The molecule has 0 aliphatic heterocycles. The Morgan fingerprint density at radius 3 is 0.782 bits per heavy atom. The van der Waals surface area contributed by atoms with Crippen LogP contribution in [-0.4, -0.2) is 0 Å². The molecule has 0 amide bonds. The summed E-state index contributed by atoms with van der Waals surface area (Å²) in [6, 6.07) is 109. The van der Waals surface area contributed by atoms with Crippen LogP contribution in [0.1, 0.15) is 42.5 Å². The topological polar surface area (TPSA) is 13.0 Å². The number of anilines is 12. The summed E-state index contributed by atoms with van der Waals surface area (Å²) in [7, 11) is 0. The van der Waals surface area contributed by atoms with Gasteiger partial charge in [-0.2, -0.15) is 0 Å². The van der Waals surface area contributed by atoms with Gasteiger partial charge in [-0.25, -0.2) is 0 Å². The number of rotatable bonds is 18. The molecule has 0 saturated heterocycles. The third-order valence-corrected chi connectivity index (χ3v) is 14.6. The molecule has 0 saturated carbocycles. The summed E-state index contributed by atoms with van der Waals surface area (Å²) >= 11 is 0. The number of benzene rings is 11. The molecule has 0 aliphatic rings. The van der Waals surface area contributed by atoms with Crippen LogP contribution in [0.25, 0.3) is 5.57 Å². The molecule has 0 atom stereocenters. The van der Waals surface area contributed by atoms with Gasteiger partial charge in [-0.3, -0.25) is 0 Å². The van der Waals surface area contributed by atoms with Gasteiger partial charge in [0.25, 0.3) is 0 Å². The van der Waals surface area contributed by atoms with Crippen molar-refractivity contribution >= 4 is 73.8 Å². The minimum atomic E-state index is -0.840. The average Bonchev–Trinajstić information content (AvgIpc) is 3.68. The van der Waals surface area contributed by atoms with E-state index in [-0.39, 0.29) is 0 Å². The quantitative estimate of drug-likeness (QED) is 0.0627. The first kappa shape index (κ1) is 50.3. The van der Waals surface area contributed by atoms with E-state index in [1.54, 1.807) is 0 Å². The van der Waals surface area contributed by atoms with Crippen LogP contribution in [0.3, 0.4) is 0 Å². The molecule has 11 aromatic rings. The zero-order valence-corrected chi connectivity index (χ0v) is 44.2. The number of hydrogen-bond donors (Lipinski definition) is 0. The van der Waals surface area contributed by atoms with E-state index >= 15 is 0 Å². The molecule has 0 N–H and O–H groups in total. The maximum absolute atomic E-state index is 4.79. The lowest BCUT2D eigenvalue weighted by atomic mass is 9.65. The number of para-hydroxylation sites is 8. The van der Waals surface area contributed by atoms with Crippen LogP contribution in [0, 0.1) is 0 Å². The van der Waals surface area contributed by atoms with E-state index in [2.05, 4.69) is 349 Å². The normalized spacial score (nSPS) is 11.3. The summed E-state index contributed by atoms with van der Waals surface area (Å²) in [5, 5.41) is 0. The summed E-state index contributed by atoms with van der Waals surface area (Å²) < 4.78 is 0. The van der Waals surface area contributed by atoms with Gasteiger partial charge < -0.3 is 19.6 Å². The van der Waals surface area contributed by atoms with Gasteiger partial charge in [0, 0.05) is 73.7 Å². The van der Waals surface area contributed by atoms with Crippen LogP contribution >= 0.6 is 0 Å². The van der Waals surface area contributed by atoms with Gasteiger partial charge in [0.05, 0.1) is 0 Å². The third kappa shape index (κ3) is 10.3. The fraction of sp³-hybridized carbons (Fsp3) is 0.0541. The van der Waals surface area contributed by atoms with E-state index in [0.717, 1.165) is 96.1 Å². The van der Waals surface area contributed by atoms with Gasteiger partial charge in [0.15, 0.2) is 0 Å². The summed E-state index contributed by atoms with van der Waals surface area (Å²) in [6.07, 6.45) is 4.91. The molecular weight excluding hydrogens is 945 g/mol. The van der Waals surface area contributed by atoms with Crippen molar-refractivity contribution in [2.24, 2.45) is 0 Å². The van der Waals surface area contributed by atoms with Gasteiger partial charge in [0.2, 0.25) is 0 Å². The second-order valence-corrected chi connectivity index (χ2v) is 19.3. The monoisotopic (exact) mass is 1010 g/mol. The van der Waals surface area contributed by atoms with Crippen molar-refractivity contribution in [1.82, 2.24) is 0 Å². The molecule has 11 rings (SSSR count). The molecule has 4 heteroatoms. The van der Waals surface area contributed by atoms with Crippen molar-refractivity contribution in [2.75, 3.05) is 19.6 Å². The fourth-order valence-electron chi connectivity index (χ4n) is 11.1. The second kappa shape index (κ2) is 23.3. The summed E-state index contributed by atoms with van der Waals surface area (Å²) in [6.45, 7) is 9.21. The highest BCUT2D eigenvalue weighted by atomic mass is 15.2. The molecule has 0 fully saturated rings. The van der Waals surface area contributed by atoms with E-state index in [0.29, 0.717) is 6.42 Å². The molecule has 11 aromatic carbocycles. The average molecular weight is 1010 g/mol. The SMILES string of the molecule is C=C(/C=C\C)c1ccccc1C(CC)(c1cc(N(c2ccccc2)c2ccccc2)cc(N(c2ccccc2)c2ccccc2)c1)c1cc(N(c2ccccc2)c2ccccc2)cc(N(c2ccccc2)c2ccccc2)c1. The van der Waals surface area contributed by atoms with Crippen LogP contribution in [0.2, 0.25) is 0 Å². The maximum Gasteiger partial charge on any atom is 0.0485 e. The third-order valence-electron chi connectivity index (χ3n) is 14.6. The lowest BCUT2D eigenvalue weighted by Gasteiger charge is -2.40. The lowest BCUT2D eigenvalue weighted by molar-refractivity contribution is 0.593. The van der Waals surface area contributed by atoms with Crippen molar-refractivity contribution in [3.8, 4) is 0 Å². The second-order valence-electron chi connectivity index (χ2n) is 19.3. The molecule has 378 valence electrons. The van der Waals surface area contributed by atoms with Crippen LogP contribution in [0.15, 0.2) is 322 Å². The van der Waals surface area contributed by atoms with E-state index in [1.165, 1.54) is 0 Å². The predicted molar refractivity (Wildman–Crippen MR) is 332 cm³/mol. The van der Waals surface area contributed by atoms with Crippen LogP contribution in [0.4, 0.5) is 68.2 Å². The molecule has 0 aliphatic carbocycles. The van der Waals surface area contributed by atoms with Gasteiger partial charge in [-0.1, -0.05) is 196 Å². The molecule has 0 heterocycles. The zero-order valence-electron chi connectivity index (χ0n) is 44.2. The molecule has 0 radical (unpaired) electrons. The lowest BCUT2D eigenvalue weighted by Crippen LogP contribution is -2.31.